The average molecular weight is 450 g/mol. The topological polar surface area (TPSA) is 86.8 Å². The number of rotatable bonds is 9. The van der Waals surface area contributed by atoms with Crippen molar-refractivity contribution < 1.29 is 22.4 Å². The van der Waals surface area contributed by atoms with Crippen LogP contribution < -0.4 is 9.62 Å². The van der Waals surface area contributed by atoms with Crippen molar-refractivity contribution >= 4 is 27.5 Å². The van der Waals surface area contributed by atoms with E-state index in [4.69, 9.17) is 0 Å². The van der Waals surface area contributed by atoms with Crippen molar-refractivity contribution in [3.8, 4) is 0 Å². The summed E-state index contributed by atoms with van der Waals surface area (Å²) in [5.74, 6) is -1.40. The summed E-state index contributed by atoms with van der Waals surface area (Å²) in [7, 11) is -3.83. The van der Waals surface area contributed by atoms with Crippen LogP contribution in [0.5, 0.6) is 0 Å². The van der Waals surface area contributed by atoms with Crippen LogP contribution in [0, 0.1) is 12.7 Å². The van der Waals surface area contributed by atoms with E-state index in [-0.39, 0.29) is 18.1 Å². The molecule has 0 aliphatic rings. The Balaban J connectivity index is 2.35. The first kappa shape index (κ1) is 24.3. The molecule has 2 aromatic rings. The van der Waals surface area contributed by atoms with E-state index in [0.29, 0.717) is 6.54 Å². The average Bonchev–Trinajstić information content (AvgIpc) is 2.71. The number of carbonyl (C=O) groups is 2. The Morgan fingerprint density at radius 3 is 2.16 bits per heavy atom. The third-order valence-electron chi connectivity index (χ3n) is 4.79. The van der Waals surface area contributed by atoms with Gasteiger partial charge in [0, 0.05) is 13.1 Å². The molecule has 7 nitrogen and oxygen atoms in total. The van der Waals surface area contributed by atoms with Crippen LogP contribution in [0.1, 0.15) is 25.0 Å². The summed E-state index contributed by atoms with van der Waals surface area (Å²) >= 11 is 0. The first-order chi connectivity index (χ1) is 14.5. The van der Waals surface area contributed by atoms with Gasteiger partial charge in [-0.15, -0.1) is 0 Å². The fourth-order valence-electron chi connectivity index (χ4n) is 3.02. The maximum absolute atomic E-state index is 13.3. The van der Waals surface area contributed by atoms with Gasteiger partial charge in [-0.05, 0) is 50.6 Å². The highest BCUT2D eigenvalue weighted by molar-refractivity contribution is 7.92. The molecule has 0 saturated carbocycles. The van der Waals surface area contributed by atoms with E-state index in [1.54, 1.807) is 13.8 Å². The van der Waals surface area contributed by atoms with E-state index >= 15 is 0 Å². The second kappa shape index (κ2) is 10.4. The van der Waals surface area contributed by atoms with Crippen molar-refractivity contribution in [2.24, 2.45) is 0 Å². The Hall–Kier alpha value is -2.94. The van der Waals surface area contributed by atoms with E-state index in [9.17, 15) is 22.4 Å². The fourth-order valence-corrected chi connectivity index (χ4v) is 3.87. The summed E-state index contributed by atoms with van der Waals surface area (Å²) in [4.78, 5) is 27.0. The van der Waals surface area contributed by atoms with Crippen LogP contribution in [-0.4, -0.2) is 50.5 Å². The fraction of sp³-hybridized carbons (Fsp3) is 0.364. The lowest BCUT2D eigenvalue weighted by Crippen LogP contribution is -2.51. The highest BCUT2D eigenvalue weighted by atomic mass is 32.2. The second-order valence-electron chi connectivity index (χ2n) is 7.32. The molecule has 9 heteroatoms. The molecule has 31 heavy (non-hydrogen) atoms. The van der Waals surface area contributed by atoms with Crippen molar-refractivity contribution in [1.29, 1.82) is 0 Å². The van der Waals surface area contributed by atoms with Crippen LogP contribution >= 0.6 is 0 Å². The van der Waals surface area contributed by atoms with Gasteiger partial charge in [-0.25, -0.2) is 12.8 Å². The quantitative estimate of drug-likeness (QED) is 0.637. The predicted octanol–water partition coefficient (Wildman–Crippen LogP) is 2.45. The monoisotopic (exact) mass is 449 g/mol. The van der Waals surface area contributed by atoms with Crippen molar-refractivity contribution in [2.45, 2.75) is 33.4 Å². The van der Waals surface area contributed by atoms with Gasteiger partial charge in [-0.1, -0.05) is 29.8 Å². The molecule has 0 radical (unpaired) electrons. The molecule has 2 aromatic carbocycles. The van der Waals surface area contributed by atoms with Crippen molar-refractivity contribution in [2.75, 3.05) is 23.7 Å². The molecule has 0 heterocycles. The summed E-state index contributed by atoms with van der Waals surface area (Å²) < 4.78 is 38.9. The third kappa shape index (κ3) is 6.78. The predicted molar refractivity (Wildman–Crippen MR) is 118 cm³/mol. The Morgan fingerprint density at radius 1 is 1.06 bits per heavy atom. The lowest BCUT2D eigenvalue weighted by molar-refractivity contribution is -0.139. The highest BCUT2D eigenvalue weighted by Gasteiger charge is 2.29. The molecule has 2 amide bonds. The largest absolute Gasteiger partial charge is 0.355 e. The van der Waals surface area contributed by atoms with Crippen LogP contribution in [0.2, 0.25) is 0 Å². The number of hydrogen-bond acceptors (Lipinski definition) is 4. The van der Waals surface area contributed by atoms with Crippen molar-refractivity contribution in [1.82, 2.24) is 10.2 Å². The summed E-state index contributed by atoms with van der Waals surface area (Å²) in [6.45, 7) is 5.34. The molecule has 0 spiro atoms. The van der Waals surface area contributed by atoms with Gasteiger partial charge in [0.15, 0.2) is 0 Å². The zero-order valence-electron chi connectivity index (χ0n) is 18.1. The number of hydrogen-bond donors (Lipinski definition) is 1. The summed E-state index contributed by atoms with van der Waals surface area (Å²) in [5.41, 5.74) is 2.03. The van der Waals surface area contributed by atoms with E-state index in [1.165, 1.54) is 17.0 Å². The van der Waals surface area contributed by atoms with Crippen LogP contribution in [0.15, 0.2) is 48.5 Å². The van der Waals surface area contributed by atoms with Crippen LogP contribution in [0.4, 0.5) is 10.1 Å². The Labute approximate surface area is 182 Å². The summed E-state index contributed by atoms with van der Waals surface area (Å²) in [6.07, 6.45) is 0.973. The molecule has 0 unspecified atom stereocenters. The summed E-state index contributed by atoms with van der Waals surface area (Å²) in [6, 6.07) is 11.5. The van der Waals surface area contributed by atoms with Gasteiger partial charge in [-0.3, -0.25) is 13.9 Å². The van der Waals surface area contributed by atoms with Crippen LogP contribution in [0.3, 0.4) is 0 Å². The third-order valence-corrected chi connectivity index (χ3v) is 5.93. The smallest absolute Gasteiger partial charge is 0.244 e. The molecular formula is C22H28FN3O4S. The Morgan fingerprint density at radius 2 is 1.65 bits per heavy atom. The number of sulfonamides is 1. The number of nitrogens with zero attached hydrogens (tertiary/aromatic N) is 2. The number of likely N-dealkylation sites (N-methyl/N-ethyl adjacent to an activating group) is 1. The molecule has 0 aliphatic carbocycles. The first-order valence-corrected chi connectivity index (χ1v) is 11.7. The highest BCUT2D eigenvalue weighted by Crippen LogP contribution is 2.19. The summed E-state index contributed by atoms with van der Waals surface area (Å²) in [5, 5.41) is 2.69. The minimum absolute atomic E-state index is 0.137. The molecule has 0 fully saturated rings. The van der Waals surface area contributed by atoms with Gasteiger partial charge < -0.3 is 10.2 Å². The normalized spacial score (nSPS) is 12.2. The lowest BCUT2D eigenvalue weighted by Gasteiger charge is -2.31. The van der Waals surface area contributed by atoms with Crippen LogP contribution in [0.25, 0.3) is 0 Å². The minimum atomic E-state index is -3.83. The number of halogens is 1. The maximum atomic E-state index is 13.3. The van der Waals surface area contributed by atoms with Crippen molar-refractivity contribution in [3.05, 3.63) is 65.5 Å². The molecule has 1 N–H and O–H groups in total. The molecular weight excluding hydrogens is 421 g/mol. The number of nitrogens with one attached hydrogen (secondary N) is 1. The van der Waals surface area contributed by atoms with E-state index in [2.05, 4.69) is 5.32 Å². The minimum Gasteiger partial charge on any atom is -0.355 e. The number of benzene rings is 2. The molecule has 0 aliphatic heterocycles. The zero-order valence-corrected chi connectivity index (χ0v) is 18.9. The maximum Gasteiger partial charge on any atom is 0.244 e. The van der Waals surface area contributed by atoms with E-state index in [1.807, 2.05) is 31.2 Å². The zero-order chi connectivity index (χ0) is 23.2. The van der Waals surface area contributed by atoms with Gasteiger partial charge in [0.2, 0.25) is 21.8 Å². The molecule has 0 saturated heterocycles. The number of carbonyl (C=O) groups excluding carboxylic acids is 2. The Bertz CT molecular complexity index is 1010. The van der Waals surface area contributed by atoms with Gasteiger partial charge in [-0.2, -0.15) is 0 Å². The van der Waals surface area contributed by atoms with E-state index < -0.39 is 34.3 Å². The molecule has 168 valence electrons. The van der Waals surface area contributed by atoms with Gasteiger partial charge >= 0.3 is 0 Å². The number of anilines is 1. The molecule has 1 atom stereocenters. The van der Waals surface area contributed by atoms with Gasteiger partial charge in [0.25, 0.3) is 0 Å². The molecule has 0 aromatic heterocycles. The van der Waals surface area contributed by atoms with Gasteiger partial charge in [0.05, 0.1) is 11.9 Å². The van der Waals surface area contributed by atoms with Crippen LogP contribution in [-0.2, 0) is 26.2 Å². The standard InChI is InChI=1S/C22H28FN3O4S/c1-5-24-22(28)17(3)25(14-18-8-6-16(2)7-9-18)21(27)15-26(31(4,29)30)20-12-10-19(23)11-13-20/h6-13,17H,5,14-15H2,1-4H3,(H,24,28)/t17-/m0/s1. The lowest BCUT2D eigenvalue weighted by atomic mass is 10.1. The molecule has 2 rings (SSSR count). The number of aryl methyl sites for hydroxylation is 1. The second-order valence-corrected chi connectivity index (χ2v) is 9.23. The number of amides is 2. The van der Waals surface area contributed by atoms with Crippen molar-refractivity contribution in [3.63, 3.8) is 0 Å². The molecule has 0 bridgehead atoms. The Kier molecular flexibility index (Phi) is 8.15. The SMILES string of the molecule is CCNC(=O)[C@H](C)N(Cc1ccc(C)cc1)C(=O)CN(c1ccc(F)cc1)S(C)(=O)=O. The first-order valence-electron chi connectivity index (χ1n) is 9.89. The van der Waals surface area contributed by atoms with E-state index in [0.717, 1.165) is 33.8 Å². The van der Waals surface area contributed by atoms with Gasteiger partial charge in [0.1, 0.15) is 18.4 Å².